The van der Waals surface area contributed by atoms with E-state index in [0.29, 0.717) is 5.92 Å². The fourth-order valence-corrected chi connectivity index (χ4v) is 3.27. The van der Waals surface area contributed by atoms with Crippen LogP contribution in [-0.4, -0.2) is 37.7 Å². The Kier molecular flexibility index (Phi) is 3.38. The van der Waals surface area contributed by atoms with Crippen LogP contribution in [0.15, 0.2) is 35.1 Å². The Morgan fingerprint density at radius 3 is 2.86 bits per heavy atom. The molecule has 1 saturated heterocycles. The Morgan fingerprint density at radius 2 is 2.09 bits per heavy atom. The maximum absolute atomic E-state index is 5.14. The molecule has 0 aliphatic carbocycles. The van der Waals surface area contributed by atoms with Crippen molar-refractivity contribution in [1.82, 2.24) is 24.7 Å². The zero-order valence-electron chi connectivity index (χ0n) is 12.6. The average molecular weight is 297 g/mol. The predicted molar refractivity (Wildman–Crippen MR) is 81.5 cm³/mol. The van der Waals surface area contributed by atoms with Crippen LogP contribution in [0.25, 0.3) is 5.65 Å². The van der Waals surface area contributed by atoms with Crippen molar-refractivity contribution < 1.29 is 4.52 Å². The van der Waals surface area contributed by atoms with Crippen molar-refractivity contribution in [1.29, 1.82) is 0 Å². The molecule has 0 saturated carbocycles. The molecule has 0 atom stereocenters. The van der Waals surface area contributed by atoms with Gasteiger partial charge in [-0.15, -0.1) is 0 Å². The molecule has 0 radical (unpaired) electrons. The van der Waals surface area contributed by atoms with Crippen molar-refractivity contribution >= 4 is 5.65 Å². The van der Waals surface area contributed by atoms with Gasteiger partial charge < -0.3 is 4.52 Å². The minimum absolute atomic E-state index is 0.542. The molecule has 114 valence electrons. The zero-order valence-corrected chi connectivity index (χ0v) is 12.6. The van der Waals surface area contributed by atoms with Crippen LogP contribution in [-0.2, 0) is 6.54 Å². The molecule has 0 aromatic carbocycles. The molecule has 0 bridgehead atoms. The molecule has 4 rings (SSSR count). The van der Waals surface area contributed by atoms with Crippen LogP contribution in [0.1, 0.15) is 35.9 Å². The van der Waals surface area contributed by atoms with Crippen LogP contribution < -0.4 is 0 Å². The van der Waals surface area contributed by atoms with Crippen LogP contribution in [0.4, 0.5) is 0 Å². The molecular formula is C16H19N5O. The lowest BCUT2D eigenvalue weighted by molar-refractivity contribution is 0.197. The molecule has 0 N–H and O–H groups in total. The number of likely N-dealkylation sites (tertiary alicyclic amines) is 1. The summed E-state index contributed by atoms with van der Waals surface area (Å²) in [6, 6.07) is 6.06. The molecule has 6 nitrogen and oxygen atoms in total. The van der Waals surface area contributed by atoms with Gasteiger partial charge in [0.05, 0.1) is 11.9 Å². The summed E-state index contributed by atoms with van der Waals surface area (Å²) >= 11 is 0. The first kappa shape index (κ1) is 13.5. The number of fused-ring (bicyclic) bond motifs is 1. The third-order valence-electron chi connectivity index (χ3n) is 4.39. The van der Waals surface area contributed by atoms with E-state index < -0.39 is 0 Å². The monoisotopic (exact) mass is 297 g/mol. The smallest absolute Gasteiger partial charge is 0.155 e. The molecule has 1 fully saturated rings. The lowest BCUT2D eigenvalue weighted by Crippen LogP contribution is -2.33. The van der Waals surface area contributed by atoms with Crippen LogP contribution in [0.2, 0.25) is 0 Å². The first-order chi connectivity index (χ1) is 10.8. The number of piperidine rings is 1. The van der Waals surface area contributed by atoms with E-state index in [0.717, 1.165) is 49.6 Å². The molecule has 6 heteroatoms. The SMILES string of the molecule is Cc1cc(CN2CCC(c3ccnc4ccnn34)CC2)no1. The maximum Gasteiger partial charge on any atom is 0.155 e. The van der Waals surface area contributed by atoms with Gasteiger partial charge in [-0.2, -0.15) is 5.10 Å². The van der Waals surface area contributed by atoms with Crippen LogP contribution in [0.5, 0.6) is 0 Å². The van der Waals surface area contributed by atoms with Crippen molar-refractivity contribution in [2.75, 3.05) is 13.1 Å². The molecule has 4 heterocycles. The second kappa shape index (κ2) is 5.53. The molecule has 3 aromatic heterocycles. The molecule has 1 aliphatic rings. The summed E-state index contributed by atoms with van der Waals surface area (Å²) in [5.41, 5.74) is 3.22. The molecule has 1 aliphatic heterocycles. The van der Waals surface area contributed by atoms with Crippen molar-refractivity contribution in [3.8, 4) is 0 Å². The van der Waals surface area contributed by atoms with Gasteiger partial charge in [0.25, 0.3) is 0 Å². The fourth-order valence-electron chi connectivity index (χ4n) is 3.27. The molecule has 0 spiro atoms. The average Bonchev–Trinajstić information content (AvgIpc) is 3.16. The van der Waals surface area contributed by atoms with E-state index in [4.69, 9.17) is 4.52 Å². The summed E-state index contributed by atoms with van der Waals surface area (Å²) < 4.78 is 7.11. The highest BCUT2D eigenvalue weighted by Crippen LogP contribution is 2.28. The summed E-state index contributed by atoms with van der Waals surface area (Å²) in [5.74, 6) is 1.42. The van der Waals surface area contributed by atoms with Gasteiger partial charge in [-0.1, -0.05) is 5.16 Å². The summed E-state index contributed by atoms with van der Waals surface area (Å²) in [4.78, 5) is 6.78. The van der Waals surface area contributed by atoms with E-state index in [1.165, 1.54) is 5.69 Å². The molecule has 3 aromatic rings. The quantitative estimate of drug-likeness (QED) is 0.743. The Morgan fingerprint density at radius 1 is 1.23 bits per heavy atom. The Labute approximate surface area is 128 Å². The highest BCUT2D eigenvalue weighted by atomic mass is 16.5. The van der Waals surface area contributed by atoms with Crippen molar-refractivity contribution in [2.24, 2.45) is 0 Å². The summed E-state index contributed by atoms with van der Waals surface area (Å²) in [6.07, 6.45) is 5.97. The van der Waals surface area contributed by atoms with Crippen LogP contribution in [0.3, 0.4) is 0 Å². The second-order valence-corrected chi connectivity index (χ2v) is 5.95. The lowest BCUT2D eigenvalue weighted by atomic mass is 9.93. The Bertz CT molecular complexity index is 770. The molecule has 0 amide bonds. The topological polar surface area (TPSA) is 59.5 Å². The van der Waals surface area contributed by atoms with E-state index in [1.54, 1.807) is 0 Å². The van der Waals surface area contributed by atoms with Gasteiger partial charge in [0, 0.05) is 36.5 Å². The number of aromatic nitrogens is 4. The normalized spacial score (nSPS) is 17.3. The lowest BCUT2D eigenvalue weighted by Gasteiger charge is -2.31. The highest BCUT2D eigenvalue weighted by molar-refractivity contribution is 5.37. The zero-order chi connectivity index (χ0) is 14.9. The third kappa shape index (κ3) is 2.50. The standard InChI is InChI=1S/C16H19N5O/c1-12-10-14(19-22-12)11-20-8-4-13(5-9-20)15-2-6-17-16-3-7-18-21(15)16/h2-3,6-7,10,13H,4-5,8-9,11H2,1H3. The van der Waals surface area contributed by atoms with Gasteiger partial charge in [0.2, 0.25) is 0 Å². The Hall–Kier alpha value is -2.21. The minimum Gasteiger partial charge on any atom is -0.361 e. The van der Waals surface area contributed by atoms with Crippen LogP contribution in [0, 0.1) is 6.92 Å². The van der Waals surface area contributed by atoms with Crippen LogP contribution >= 0.6 is 0 Å². The van der Waals surface area contributed by atoms with Crippen molar-refractivity contribution in [3.63, 3.8) is 0 Å². The van der Waals surface area contributed by atoms with Crippen molar-refractivity contribution in [3.05, 3.63) is 47.7 Å². The van der Waals surface area contributed by atoms with Gasteiger partial charge >= 0.3 is 0 Å². The minimum atomic E-state index is 0.542. The van der Waals surface area contributed by atoms with Gasteiger partial charge in [-0.05, 0) is 38.9 Å². The number of rotatable bonds is 3. The first-order valence-electron chi connectivity index (χ1n) is 7.73. The highest BCUT2D eigenvalue weighted by Gasteiger charge is 2.23. The molecule has 0 unspecified atom stereocenters. The number of hydrogen-bond acceptors (Lipinski definition) is 5. The Balaban J connectivity index is 1.44. The largest absolute Gasteiger partial charge is 0.361 e. The third-order valence-corrected chi connectivity index (χ3v) is 4.39. The van der Waals surface area contributed by atoms with E-state index in [-0.39, 0.29) is 0 Å². The summed E-state index contributed by atoms with van der Waals surface area (Å²) in [5, 5.41) is 8.48. The number of hydrogen-bond donors (Lipinski definition) is 0. The summed E-state index contributed by atoms with van der Waals surface area (Å²) in [7, 11) is 0. The first-order valence-corrected chi connectivity index (χ1v) is 7.73. The van der Waals surface area contributed by atoms with Gasteiger partial charge in [0.1, 0.15) is 5.76 Å². The fraction of sp³-hybridized carbons (Fsp3) is 0.438. The van der Waals surface area contributed by atoms with E-state index in [9.17, 15) is 0 Å². The molecular weight excluding hydrogens is 278 g/mol. The van der Waals surface area contributed by atoms with E-state index >= 15 is 0 Å². The summed E-state index contributed by atoms with van der Waals surface area (Å²) in [6.45, 7) is 4.95. The number of aryl methyl sites for hydroxylation is 1. The van der Waals surface area contributed by atoms with E-state index in [2.05, 4.69) is 26.2 Å². The van der Waals surface area contributed by atoms with Gasteiger partial charge in [0.15, 0.2) is 5.65 Å². The predicted octanol–water partition coefficient (Wildman–Crippen LogP) is 2.41. The van der Waals surface area contributed by atoms with Gasteiger partial charge in [-0.25, -0.2) is 9.50 Å². The van der Waals surface area contributed by atoms with E-state index in [1.807, 2.05) is 36.0 Å². The second-order valence-electron chi connectivity index (χ2n) is 5.95. The number of nitrogens with zero attached hydrogens (tertiary/aromatic N) is 5. The van der Waals surface area contributed by atoms with Gasteiger partial charge in [-0.3, -0.25) is 4.90 Å². The van der Waals surface area contributed by atoms with Crippen molar-refractivity contribution in [2.45, 2.75) is 32.2 Å². The molecule has 22 heavy (non-hydrogen) atoms. The maximum atomic E-state index is 5.14.